The van der Waals surface area contributed by atoms with Crippen LogP contribution in [-0.4, -0.2) is 17.7 Å². The summed E-state index contributed by atoms with van der Waals surface area (Å²) in [5.41, 5.74) is 1.33. The smallest absolute Gasteiger partial charge is 0.319 e. The molecule has 5 heteroatoms. The van der Waals surface area contributed by atoms with E-state index in [4.69, 9.17) is 4.52 Å². The van der Waals surface area contributed by atoms with Crippen molar-refractivity contribution in [2.45, 2.75) is 20.8 Å². The van der Waals surface area contributed by atoms with Gasteiger partial charge in [-0.1, -0.05) is 5.16 Å². The monoisotopic (exact) mass is 183 g/mol. The van der Waals surface area contributed by atoms with Crippen LogP contribution >= 0.6 is 0 Å². The lowest BCUT2D eigenvalue weighted by atomic mass is 10.3. The number of aromatic nitrogens is 1. The van der Waals surface area contributed by atoms with Crippen LogP contribution in [0, 0.1) is 13.8 Å². The number of rotatable bonds is 2. The van der Waals surface area contributed by atoms with Crippen LogP contribution in [0.2, 0.25) is 0 Å². The van der Waals surface area contributed by atoms with E-state index in [0.29, 0.717) is 23.7 Å². The number of hydrogen-bond donors (Lipinski definition) is 2. The molecule has 1 rings (SSSR count). The molecule has 0 aliphatic rings. The Morgan fingerprint density at radius 2 is 2.23 bits per heavy atom. The summed E-state index contributed by atoms with van der Waals surface area (Å²) in [6, 6.07) is -0.239. The molecule has 1 aromatic rings. The molecule has 0 bridgehead atoms. The van der Waals surface area contributed by atoms with E-state index in [9.17, 15) is 4.79 Å². The third-order valence-corrected chi connectivity index (χ3v) is 1.61. The number of carbonyl (C=O) groups is 1. The molecule has 0 unspecified atom stereocenters. The molecule has 2 N–H and O–H groups in total. The zero-order valence-electron chi connectivity index (χ0n) is 7.97. The molecule has 72 valence electrons. The van der Waals surface area contributed by atoms with Gasteiger partial charge in [0.2, 0.25) is 0 Å². The highest BCUT2D eigenvalue weighted by Crippen LogP contribution is 2.17. The summed E-state index contributed by atoms with van der Waals surface area (Å²) in [7, 11) is 0. The molecule has 0 aliphatic carbocycles. The summed E-state index contributed by atoms with van der Waals surface area (Å²) in [5.74, 6) is 0.615. The van der Waals surface area contributed by atoms with Crippen molar-refractivity contribution in [1.82, 2.24) is 10.5 Å². The van der Waals surface area contributed by atoms with Crippen LogP contribution < -0.4 is 10.6 Å². The number of hydrogen-bond acceptors (Lipinski definition) is 3. The van der Waals surface area contributed by atoms with Crippen molar-refractivity contribution in [3.63, 3.8) is 0 Å². The Hall–Kier alpha value is -1.52. The summed E-state index contributed by atoms with van der Waals surface area (Å²) in [5, 5.41) is 8.98. The number of amides is 2. The molecular weight excluding hydrogens is 170 g/mol. The van der Waals surface area contributed by atoms with Gasteiger partial charge in [0.25, 0.3) is 0 Å². The summed E-state index contributed by atoms with van der Waals surface area (Å²) < 4.78 is 4.88. The van der Waals surface area contributed by atoms with Crippen molar-refractivity contribution >= 4 is 11.7 Å². The molecule has 2 amide bonds. The second-order valence-electron chi connectivity index (χ2n) is 2.68. The van der Waals surface area contributed by atoms with Gasteiger partial charge < -0.3 is 15.2 Å². The molecule has 0 saturated carbocycles. The van der Waals surface area contributed by atoms with Gasteiger partial charge in [0.15, 0.2) is 5.76 Å². The van der Waals surface area contributed by atoms with Gasteiger partial charge in [0.1, 0.15) is 11.4 Å². The van der Waals surface area contributed by atoms with Crippen molar-refractivity contribution in [2.24, 2.45) is 0 Å². The Balaban J connectivity index is 2.68. The maximum atomic E-state index is 11.1. The maximum Gasteiger partial charge on any atom is 0.319 e. The third kappa shape index (κ3) is 2.21. The number of aryl methyl sites for hydroxylation is 2. The molecule has 13 heavy (non-hydrogen) atoms. The quantitative estimate of drug-likeness (QED) is 0.728. The summed E-state index contributed by atoms with van der Waals surface area (Å²) in [6.07, 6.45) is 0. The molecule has 0 spiro atoms. The van der Waals surface area contributed by atoms with Crippen molar-refractivity contribution in [1.29, 1.82) is 0 Å². The summed E-state index contributed by atoms with van der Waals surface area (Å²) >= 11 is 0. The van der Waals surface area contributed by atoms with Gasteiger partial charge in [-0.2, -0.15) is 0 Å². The molecular formula is C8H13N3O2. The highest BCUT2D eigenvalue weighted by atomic mass is 16.5. The van der Waals surface area contributed by atoms with Gasteiger partial charge in [-0.3, -0.25) is 0 Å². The Kier molecular flexibility index (Phi) is 2.89. The largest absolute Gasteiger partial charge is 0.359 e. The lowest BCUT2D eigenvalue weighted by molar-refractivity contribution is 0.252. The molecule has 1 heterocycles. The molecule has 0 atom stereocenters. The van der Waals surface area contributed by atoms with Crippen LogP contribution in [-0.2, 0) is 0 Å². The molecule has 1 aromatic heterocycles. The second-order valence-corrected chi connectivity index (χ2v) is 2.68. The van der Waals surface area contributed by atoms with E-state index < -0.39 is 0 Å². The third-order valence-electron chi connectivity index (χ3n) is 1.61. The lowest BCUT2D eigenvalue weighted by Crippen LogP contribution is -2.28. The lowest BCUT2D eigenvalue weighted by Gasteiger charge is -2.03. The Bertz CT molecular complexity index is 287. The first-order valence-corrected chi connectivity index (χ1v) is 4.13. The first-order valence-electron chi connectivity index (χ1n) is 4.13. The SMILES string of the molecule is CCNC(=O)Nc1c(C)noc1C. The van der Waals surface area contributed by atoms with Crippen LogP contribution in [0.3, 0.4) is 0 Å². The van der Waals surface area contributed by atoms with Crippen LogP contribution in [0.4, 0.5) is 10.5 Å². The standard InChI is InChI=1S/C8H13N3O2/c1-4-9-8(12)10-7-5(2)11-13-6(7)3/h4H2,1-3H3,(H2,9,10,12). The minimum atomic E-state index is -0.239. The predicted molar refractivity (Wildman–Crippen MR) is 48.7 cm³/mol. The Morgan fingerprint density at radius 1 is 1.54 bits per heavy atom. The zero-order chi connectivity index (χ0) is 9.84. The van der Waals surface area contributed by atoms with Gasteiger partial charge in [-0.25, -0.2) is 4.79 Å². The second kappa shape index (κ2) is 3.93. The Morgan fingerprint density at radius 3 is 2.69 bits per heavy atom. The van der Waals surface area contributed by atoms with E-state index >= 15 is 0 Å². The summed E-state index contributed by atoms with van der Waals surface area (Å²) in [6.45, 7) is 5.97. The summed E-state index contributed by atoms with van der Waals surface area (Å²) in [4.78, 5) is 11.1. The highest BCUT2D eigenvalue weighted by molar-refractivity contribution is 5.90. The first-order chi connectivity index (χ1) is 6.15. The average molecular weight is 183 g/mol. The van der Waals surface area contributed by atoms with Crippen molar-refractivity contribution in [3.8, 4) is 0 Å². The van der Waals surface area contributed by atoms with Gasteiger partial charge in [-0.05, 0) is 20.8 Å². The van der Waals surface area contributed by atoms with Crippen molar-refractivity contribution in [2.75, 3.05) is 11.9 Å². The fourth-order valence-corrected chi connectivity index (χ4v) is 0.980. The molecule has 0 aliphatic heterocycles. The zero-order valence-corrected chi connectivity index (χ0v) is 7.97. The van der Waals surface area contributed by atoms with Gasteiger partial charge in [0, 0.05) is 6.54 Å². The van der Waals surface area contributed by atoms with E-state index in [-0.39, 0.29) is 6.03 Å². The minimum absolute atomic E-state index is 0.239. The topological polar surface area (TPSA) is 67.2 Å². The minimum Gasteiger partial charge on any atom is -0.359 e. The number of nitrogens with one attached hydrogen (secondary N) is 2. The van der Waals surface area contributed by atoms with Crippen molar-refractivity contribution in [3.05, 3.63) is 11.5 Å². The van der Waals surface area contributed by atoms with Crippen LogP contribution in [0.1, 0.15) is 18.4 Å². The van der Waals surface area contributed by atoms with E-state index in [1.165, 1.54) is 0 Å². The predicted octanol–water partition coefficient (Wildman–Crippen LogP) is 1.43. The van der Waals surface area contributed by atoms with E-state index in [2.05, 4.69) is 15.8 Å². The normalized spacial score (nSPS) is 9.77. The molecule has 5 nitrogen and oxygen atoms in total. The van der Waals surface area contributed by atoms with E-state index in [0.717, 1.165) is 0 Å². The fourth-order valence-electron chi connectivity index (χ4n) is 0.980. The van der Waals surface area contributed by atoms with Crippen LogP contribution in [0.5, 0.6) is 0 Å². The van der Waals surface area contributed by atoms with Gasteiger partial charge >= 0.3 is 6.03 Å². The fraction of sp³-hybridized carbons (Fsp3) is 0.500. The Labute approximate surface area is 76.5 Å². The van der Waals surface area contributed by atoms with Gasteiger partial charge in [-0.15, -0.1) is 0 Å². The highest BCUT2D eigenvalue weighted by Gasteiger charge is 2.10. The molecule has 0 aromatic carbocycles. The van der Waals surface area contributed by atoms with Crippen LogP contribution in [0.25, 0.3) is 0 Å². The molecule has 0 radical (unpaired) electrons. The maximum absolute atomic E-state index is 11.1. The number of anilines is 1. The number of nitrogens with zero attached hydrogens (tertiary/aromatic N) is 1. The molecule has 0 saturated heterocycles. The van der Waals surface area contributed by atoms with Gasteiger partial charge in [0.05, 0.1) is 0 Å². The first kappa shape index (κ1) is 9.57. The average Bonchev–Trinajstić information content (AvgIpc) is 2.36. The number of urea groups is 1. The van der Waals surface area contributed by atoms with E-state index in [1.54, 1.807) is 13.8 Å². The molecule has 0 fully saturated rings. The van der Waals surface area contributed by atoms with Crippen LogP contribution in [0.15, 0.2) is 4.52 Å². The van der Waals surface area contributed by atoms with E-state index in [1.807, 2.05) is 6.92 Å². The van der Waals surface area contributed by atoms with Crippen molar-refractivity contribution < 1.29 is 9.32 Å². The number of carbonyl (C=O) groups excluding carboxylic acids is 1.